The van der Waals surface area contributed by atoms with Crippen molar-refractivity contribution in [2.75, 3.05) is 0 Å². The smallest absolute Gasteiger partial charge is 0.313 e. The molecule has 5 rings (SSSR count). The van der Waals surface area contributed by atoms with Crippen LogP contribution in [0.2, 0.25) is 0 Å². The minimum atomic E-state index is -0.786. The van der Waals surface area contributed by atoms with E-state index in [1.165, 1.54) is 10.5 Å². The standard InChI is InChI=1S/C22H21N3O4/c26-20-19-12-15-7-1-2-8-16(15)13-24(19)22(28)25(20)29-21(27)23-18-11-5-9-14-6-3-4-10-17(14)18/h1-4,6-8,10,18-19H,5,9,11-13H2,(H,23,27). The van der Waals surface area contributed by atoms with E-state index in [4.69, 9.17) is 4.84 Å². The molecule has 1 aliphatic carbocycles. The van der Waals surface area contributed by atoms with Crippen LogP contribution in [-0.2, 0) is 29.0 Å². The Morgan fingerprint density at radius 1 is 1.00 bits per heavy atom. The van der Waals surface area contributed by atoms with Crippen LogP contribution in [0.5, 0.6) is 0 Å². The van der Waals surface area contributed by atoms with Crippen LogP contribution in [0.4, 0.5) is 9.59 Å². The van der Waals surface area contributed by atoms with Crippen LogP contribution in [0.1, 0.15) is 41.1 Å². The number of amides is 4. The Bertz CT molecular complexity index is 962. The molecule has 2 aromatic rings. The van der Waals surface area contributed by atoms with Gasteiger partial charge in [0.25, 0.3) is 5.91 Å². The third-order valence-electron chi connectivity index (χ3n) is 5.99. The van der Waals surface area contributed by atoms with Gasteiger partial charge in [0.2, 0.25) is 0 Å². The third kappa shape index (κ3) is 3.03. The average Bonchev–Trinajstić information content (AvgIpc) is 2.97. The highest BCUT2D eigenvalue weighted by atomic mass is 16.7. The zero-order valence-corrected chi connectivity index (χ0v) is 15.8. The summed E-state index contributed by atoms with van der Waals surface area (Å²) in [6.45, 7) is 0.336. The van der Waals surface area contributed by atoms with E-state index in [1.54, 1.807) is 0 Å². The fourth-order valence-electron chi connectivity index (χ4n) is 4.53. The summed E-state index contributed by atoms with van der Waals surface area (Å²) >= 11 is 0. The van der Waals surface area contributed by atoms with Gasteiger partial charge in [0, 0.05) is 13.0 Å². The van der Waals surface area contributed by atoms with Crippen LogP contribution >= 0.6 is 0 Å². The number of carbonyl (C=O) groups excluding carboxylic acids is 3. The lowest BCUT2D eigenvalue weighted by molar-refractivity contribution is -0.150. The molecule has 148 valence electrons. The highest BCUT2D eigenvalue weighted by molar-refractivity contribution is 6.04. The molecule has 2 heterocycles. The number of hydrogen-bond acceptors (Lipinski definition) is 4. The summed E-state index contributed by atoms with van der Waals surface area (Å²) in [6.07, 6.45) is 2.36. The molecule has 4 amide bonds. The zero-order chi connectivity index (χ0) is 20.0. The number of nitrogens with zero attached hydrogens (tertiary/aromatic N) is 2. The first-order valence-corrected chi connectivity index (χ1v) is 9.89. The number of benzene rings is 2. The number of imide groups is 1. The first kappa shape index (κ1) is 17.7. The Morgan fingerprint density at radius 3 is 2.55 bits per heavy atom. The lowest BCUT2D eigenvalue weighted by Gasteiger charge is -2.28. The van der Waals surface area contributed by atoms with E-state index in [0.717, 1.165) is 36.0 Å². The molecule has 0 saturated carbocycles. The maximum absolute atomic E-state index is 12.7. The molecule has 2 aliphatic heterocycles. The van der Waals surface area contributed by atoms with E-state index in [0.29, 0.717) is 18.0 Å². The van der Waals surface area contributed by atoms with Gasteiger partial charge in [0.05, 0.1) is 6.04 Å². The molecule has 1 N–H and O–H groups in total. The molecule has 2 atom stereocenters. The van der Waals surface area contributed by atoms with E-state index in [-0.39, 0.29) is 6.04 Å². The second-order valence-corrected chi connectivity index (χ2v) is 7.70. The predicted molar refractivity (Wildman–Crippen MR) is 103 cm³/mol. The van der Waals surface area contributed by atoms with Gasteiger partial charge in [-0.3, -0.25) is 4.79 Å². The Balaban J connectivity index is 1.29. The topological polar surface area (TPSA) is 79.0 Å². The van der Waals surface area contributed by atoms with Gasteiger partial charge < -0.3 is 15.1 Å². The third-order valence-corrected chi connectivity index (χ3v) is 5.99. The Labute approximate surface area is 168 Å². The Kier molecular flexibility index (Phi) is 4.23. The number of urea groups is 1. The largest absolute Gasteiger partial charge is 0.432 e. The van der Waals surface area contributed by atoms with Gasteiger partial charge in [0.1, 0.15) is 6.04 Å². The van der Waals surface area contributed by atoms with E-state index < -0.39 is 24.1 Å². The highest BCUT2D eigenvalue weighted by Crippen LogP contribution is 2.31. The molecular formula is C22H21N3O4. The van der Waals surface area contributed by atoms with Crippen molar-refractivity contribution in [3.05, 3.63) is 70.8 Å². The summed E-state index contributed by atoms with van der Waals surface area (Å²) < 4.78 is 0. The predicted octanol–water partition coefficient (Wildman–Crippen LogP) is 3.09. The van der Waals surface area contributed by atoms with Crippen molar-refractivity contribution < 1.29 is 19.2 Å². The molecule has 2 unspecified atom stereocenters. The molecule has 0 radical (unpaired) electrons. The summed E-state index contributed by atoms with van der Waals surface area (Å²) in [5.74, 6) is -0.497. The Morgan fingerprint density at radius 2 is 1.72 bits per heavy atom. The van der Waals surface area contributed by atoms with Crippen LogP contribution in [0, 0.1) is 0 Å². The van der Waals surface area contributed by atoms with Crippen molar-refractivity contribution in [1.29, 1.82) is 0 Å². The molecular weight excluding hydrogens is 370 g/mol. The number of aryl methyl sites for hydroxylation is 1. The normalized spacial score (nSPS) is 22.6. The molecule has 7 heteroatoms. The number of hydrogen-bond donors (Lipinski definition) is 1. The minimum absolute atomic E-state index is 0.188. The lowest BCUT2D eigenvalue weighted by atomic mass is 9.88. The summed E-state index contributed by atoms with van der Waals surface area (Å²) in [7, 11) is 0. The van der Waals surface area contributed by atoms with Crippen LogP contribution in [0.3, 0.4) is 0 Å². The zero-order valence-electron chi connectivity index (χ0n) is 15.8. The molecule has 0 spiro atoms. The molecule has 3 aliphatic rings. The van der Waals surface area contributed by atoms with Crippen molar-refractivity contribution in [3.8, 4) is 0 Å². The fourth-order valence-corrected chi connectivity index (χ4v) is 4.53. The van der Waals surface area contributed by atoms with Crippen LogP contribution in [0.25, 0.3) is 0 Å². The van der Waals surface area contributed by atoms with Crippen molar-refractivity contribution >= 4 is 18.0 Å². The number of hydroxylamine groups is 2. The maximum atomic E-state index is 12.7. The van der Waals surface area contributed by atoms with E-state index in [1.807, 2.05) is 42.5 Å². The molecule has 7 nitrogen and oxygen atoms in total. The average molecular weight is 391 g/mol. The molecule has 1 fully saturated rings. The highest BCUT2D eigenvalue weighted by Gasteiger charge is 2.49. The van der Waals surface area contributed by atoms with Gasteiger partial charge in [0.15, 0.2) is 0 Å². The van der Waals surface area contributed by atoms with Crippen molar-refractivity contribution in [2.45, 2.75) is 44.3 Å². The van der Waals surface area contributed by atoms with Crippen molar-refractivity contribution in [2.24, 2.45) is 0 Å². The number of nitrogens with one attached hydrogen (secondary N) is 1. The van der Waals surface area contributed by atoms with Gasteiger partial charge >= 0.3 is 12.1 Å². The van der Waals surface area contributed by atoms with Gasteiger partial charge in [-0.2, -0.15) is 0 Å². The van der Waals surface area contributed by atoms with E-state index >= 15 is 0 Å². The maximum Gasteiger partial charge on any atom is 0.432 e. The summed E-state index contributed by atoms with van der Waals surface area (Å²) in [4.78, 5) is 44.6. The first-order valence-electron chi connectivity index (χ1n) is 9.89. The van der Waals surface area contributed by atoms with Gasteiger partial charge in [-0.15, -0.1) is 0 Å². The van der Waals surface area contributed by atoms with Crippen molar-refractivity contribution in [1.82, 2.24) is 15.3 Å². The molecule has 0 aromatic heterocycles. The summed E-state index contributed by atoms with van der Waals surface area (Å²) in [6, 6.07) is 14.3. The van der Waals surface area contributed by atoms with Gasteiger partial charge in [-0.25, -0.2) is 9.59 Å². The number of rotatable bonds is 2. The van der Waals surface area contributed by atoms with Crippen LogP contribution in [-0.4, -0.2) is 34.0 Å². The van der Waals surface area contributed by atoms with E-state index in [2.05, 4.69) is 11.4 Å². The molecule has 2 aromatic carbocycles. The summed E-state index contributed by atoms with van der Waals surface area (Å²) in [5.41, 5.74) is 4.31. The van der Waals surface area contributed by atoms with Gasteiger partial charge in [-0.05, 0) is 41.5 Å². The quantitative estimate of drug-likeness (QED) is 0.798. The lowest BCUT2D eigenvalue weighted by Crippen LogP contribution is -2.40. The van der Waals surface area contributed by atoms with Crippen LogP contribution in [0.15, 0.2) is 48.5 Å². The summed E-state index contributed by atoms with van der Waals surface area (Å²) in [5, 5.41) is 3.43. The minimum Gasteiger partial charge on any atom is -0.313 e. The monoisotopic (exact) mass is 391 g/mol. The van der Waals surface area contributed by atoms with Gasteiger partial charge in [-0.1, -0.05) is 53.6 Å². The Hall–Kier alpha value is -3.35. The first-order chi connectivity index (χ1) is 14.1. The van der Waals surface area contributed by atoms with E-state index in [9.17, 15) is 14.4 Å². The second kappa shape index (κ2) is 6.92. The molecule has 0 bridgehead atoms. The molecule has 29 heavy (non-hydrogen) atoms. The molecule has 1 saturated heterocycles. The number of carbonyl (C=O) groups is 3. The SMILES string of the molecule is O=C(NC1CCCc2ccccc21)ON1C(=O)C2Cc3ccccc3CN2C1=O. The number of fused-ring (bicyclic) bond motifs is 3. The second-order valence-electron chi connectivity index (χ2n) is 7.70. The van der Waals surface area contributed by atoms with Crippen LogP contribution < -0.4 is 5.32 Å². The van der Waals surface area contributed by atoms with Crippen molar-refractivity contribution in [3.63, 3.8) is 0 Å². The fraction of sp³-hybridized carbons (Fsp3) is 0.318.